The summed E-state index contributed by atoms with van der Waals surface area (Å²) in [5.41, 5.74) is 0.386. The van der Waals surface area contributed by atoms with Crippen LogP contribution in [0.2, 0.25) is 0 Å². The van der Waals surface area contributed by atoms with Crippen molar-refractivity contribution in [2.45, 2.75) is 23.6 Å². The fraction of sp³-hybridized carbons (Fsp3) is 0.0952. The Morgan fingerprint density at radius 1 is 1.03 bits per heavy atom. The number of benzene rings is 3. The Kier molecular flexibility index (Phi) is 5.57. The van der Waals surface area contributed by atoms with E-state index in [1.165, 1.54) is 50.2 Å². The minimum Gasteiger partial charge on any atom is -0.506 e. The van der Waals surface area contributed by atoms with Crippen LogP contribution in [0.5, 0.6) is 5.75 Å². The molecule has 0 bridgehead atoms. The highest BCUT2D eigenvalue weighted by atomic mass is 32.2. The lowest BCUT2D eigenvalue weighted by Gasteiger charge is -2.17. The largest absolute Gasteiger partial charge is 0.506 e. The Hall–Kier alpha value is -3.72. The van der Waals surface area contributed by atoms with Gasteiger partial charge < -0.3 is 10.4 Å². The Labute approximate surface area is 172 Å². The third-order valence-corrected chi connectivity index (χ3v) is 6.51. The van der Waals surface area contributed by atoms with Crippen LogP contribution in [0, 0.1) is 24.0 Å². The maximum atomic E-state index is 13.1. The quantitative estimate of drug-likeness (QED) is 0.361. The number of phenolic OH excluding ortho intramolecular Hbond substituents is 1. The first-order chi connectivity index (χ1) is 14.1. The van der Waals surface area contributed by atoms with Gasteiger partial charge >= 0.3 is 0 Å². The molecular formula is C21H18N2O6S. The van der Waals surface area contributed by atoms with E-state index in [2.05, 4.69) is 5.32 Å². The topological polar surface area (TPSA) is 127 Å². The molecule has 30 heavy (non-hydrogen) atoms. The summed E-state index contributed by atoms with van der Waals surface area (Å²) in [5, 5.41) is 24.0. The summed E-state index contributed by atoms with van der Waals surface area (Å²) in [6.45, 7) is 2.99. The van der Waals surface area contributed by atoms with Gasteiger partial charge in [0.2, 0.25) is 9.84 Å². The number of nitro benzene ring substituents is 1. The van der Waals surface area contributed by atoms with E-state index in [0.717, 1.165) is 6.07 Å². The first-order valence-corrected chi connectivity index (χ1v) is 10.3. The van der Waals surface area contributed by atoms with Crippen molar-refractivity contribution in [3.8, 4) is 5.75 Å². The SMILES string of the molecule is Cc1cc(NC(=O)c2cccc([N+](=O)[O-])c2)c(C)c(S(=O)(=O)c2ccccc2)c1O. The van der Waals surface area contributed by atoms with Crippen molar-refractivity contribution in [3.63, 3.8) is 0 Å². The Bertz CT molecular complexity index is 1250. The van der Waals surface area contributed by atoms with Crippen molar-refractivity contribution in [3.05, 3.63) is 87.5 Å². The van der Waals surface area contributed by atoms with E-state index >= 15 is 0 Å². The smallest absolute Gasteiger partial charge is 0.270 e. The summed E-state index contributed by atoms with van der Waals surface area (Å²) in [5.74, 6) is -1.04. The first-order valence-electron chi connectivity index (χ1n) is 8.82. The van der Waals surface area contributed by atoms with Gasteiger partial charge in [-0.25, -0.2) is 8.42 Å². The van der Waals surface area contributed by atoms with Crippen molar-refractivity contribution in [1.29, 1.82) is 0 Å². The lowest BCUT2D eigenvalue weighted by Crippen LogP contribution is -2.15. The third kappa shape index (κ3) is 3.87. The minimum absolute atomic E-state index is 0.00459. The van der Waals surface area contributed by atoms with Crippen LogP contribution in [-0.2, 0) is 9.84 Å². The highest BCUT2D eigenvalue weighted by molar-refractivity contribution is 7.91. The highest BCUT2D eigenvalue weighted by Gasteiger charge is 2.27. The van der Waals surface area contributed by atoms with Crippen molar-refractivity contribution < 1.29 is 23.2 Å². The predicted octanol–water partition coefficient (Wildman–Crippen LogP) is 4.00. The lowest BCUT2D eigenvalue weighted by atomic mass is 10.1. The van der Waals surface area contributed by atoms with Crippen LogP contribution in [0.1, 0.15) is 21.5 Å². The molecule has 9 heteroatoms. The van der Waals surface area contributed by atoms with Gasteiger partial charge in [-0.15, -0.1) is 0 Å². The summed E-state index contributed by atoms with van der Waals surface area (Å²) in [7, 11) is -4.05. The van der Waals surface area contributed by atoms with Crippen LogP contribution in [0.15, 0.2) is 70.5 Å². The van der Waals surface area contributed by atoms with Gasteiger partial charge in [-0.05, 0) is 49.2 Å². The highest BCUT2D eigenvalue weighted by Crippen LogP contribution is 2.38. The number of rotatable bonds is 5. The molecular weight excluding hydrogens is 408 g/mol. The lowest BCUT2D eigenvalue weighted by molar-refractivity contribution is -0.384. The van der Waals surface area contributed by atoms with Crippen LogP contribution in [0.4, 0.5) is 11.4 Å². The summed E-state index contributed by atoms with van der Waals surface area (Å²) in [4.78, 5) is 22.7. The minimum atomic E-state index is -4.05. The average molecular weight is 426 g/mol. The maximum absolute atomic E-state index is 13.1. The van der Waals surface area contributed by atoms with Gasteiger partial charge in [-0.1, -0.05) is 24.3 Å². The molecule has 0 spiro atoms. The molecule has 0 radical (unpaired) electrons. The number of phenols is 1. The van der Waals surface area contributed by atoms with E-state index in [1.807, 2.05) is 0 Å². The fourth-order valence-corrected chi connectivity index (χ4v) is 4.68. The van der Waals surface area contributed by atoms with Gasteiger partial charge in [0.25, 0.3) is 11.6 Å². The zero-order chi connectivity index (χ0) is 22.1. The number of nitro groups is 1. The van der Waals surface area contributed by atoms with Gasteiger partial charge in [0.1, 0.15) is 10.6 Å². The van der Waals surface area contributed by atoms with Crippen molar-refractivity contribution >= 4 is 27.1 Å². The molecule has 1 amide bonds. The van der Waals surface area contributed by atoms with Gasteiger partial charge in [0.05, 0.1) is 9.82 Å². The zero-order valence-electron chi connectivity index (χ0n) is 16.1. The van der Waals surface area contributed by atoms with E-state index in [9.17, 15) is 28.4 Å². The second kappa shape index (κ2) is 7.96. The summed E-state index contributed by atoms with van der Waals surface area (Å²) in [6, 6.07) is 14.3. The van der Waals surface area contributed by atoms with Crippen molar-refractivity contribution in [2.75, 3.05) is 5.32 Å². The molecule has 3 aromatic carbocycles. The molecule has 0 aliphatic heterocycles. The standard InChI is InChI=1S/C21H18N2O6S/c1-13-11-18(22-21(25)15-7-6-8-16(12-15)23(26)27)14(2)20(19(13)24)30(28,29)17-9-4-3-5-10-17/h3-12,24H,1-2H3,(H,22,25). The number of anilines is 1. The Morgan fingerprint density at radius 2 is 1.70 bits per heavy atom. The molecule has 0 aromatic heterocycles. The van der Waals surface area contributed by atoms with E-state index in [-0.39, 0.29) is 37.9 Å². The second-order valence-corrected chi connectivity index (χ2v) is 8.51. The van der Waals surface area contributed by atoms with E-state index in [0.29, 0.717) is 0 Å². The third-order valence-electron chi connectivity index (χ3n) is 4.58. The Balaban J connectivity index is 2.07. The molecule has 0 atom stereocenters. The molecule has 0 aliphatic carbocycles. The number of hydrogen-bond acceptors (Lipinski definition) is 6. The number of non-ortho nitro benzene ring substituents is 1. The van der Waals surface area contributed by atoms with Crippen molar-refractivity contribution in [1.82, 2.24) is 0 Å². The number of hydrogen-bond donors (Lipinski definition) is 2. The molecule has 0 saturated carbocycles. The molecule has 0 heterocycles. The molecule has 3 aromatic rings. The fourth-order valence-electron chi connectivity index (χ4n) is 3.00. The normalized spacial score (nSPS) is 11.1. The van der Waals surface area contributed by atoms with Crippen LogP contribution in [-0.4, -0.2) is 24.4 Å². The van der Waals surface area contributed by atoms with E-state index in [4.69, 9.17) is 0 Å². The monoisotopic (exact) mass is 426 g/mol. The molecule has 154 valence electrons. The summed E-state index contributed by atoms with van der Waals surface area (Å²) in [6.07, 6.45) is 0. The van der Waals surface area contributed by atoms with Crippen LogP contribution < -0.4 is 5.32 Å². The first kappa shape index (κ1) is 21.0. The Morgan fingerprint density at radius 3 is 2.33 bits per heavy atom. The molecule has 0 saturated heterocycles. The zero-order valence-corrected chi connectivity index (χ0v) is 16.9. The molecule has 0 fully saturated rings. The number of carbonyl (C=O) groups is 1. The molecule has 3 rings (SSSR count). The van der Waals surface area contributed by atoms with Gasteiger partial charge in [-0.3, -0.25) is 14.9 Å². The number of aryl methyl sites for hydroxylation is 1. The maximum Gasteiger partial charge on any atom is 0.270 e. The number of amides is 1. The number of nitrogens with one attached hydrogen (secondary N) is 1. The molecule has 0 unspecified atom stereocenters. The van der Waals surface area contributed by atoms with E-state index < -0.39 is 26.4 Å². The predicted molar refractivity (Wildman–Crippen MR) is 111 cm³/mol. The molecule has 8 nitrogen and oxygen atoms in total. The van der Waals surface area contributed by atoms with Gasteiger partial charge in [-0.2, -0.15) is 0 Å². The molecule has 2 N–H and O–H groups in total. The second-order valence-electron chi connectivity index (χ2n) is 6.62. The average Bonchev–Trinajstić information content (AvgIpc) is 2.72. The molecule has 0 aliphatic rings. The number of carbonyl (C=O) groups excluding carboxylic acids is 1. The van der Waals surface area contributed by atoms with Crippen LogP contribution in [0.3, 0.4) is 0 Å². The van der Waals surface area contributed by atoms with Gasteiger partial charge in [0, 0.05) is 23.4 Å². The van der Waals surface area contributed by atoms with Crippen LogP contribution in [0.25, 0.3) is 0 Å². The number of nitrogens with zero attached hydrogens (tertiary/aromatic N) is 1. The van der Waals surface area contributed by atoms with Crippen molar-refractivity contribution in [2.24, 2.45) is 0 Å². The number of sulfone groups is 1. The van der Waals surface area contributed by atoms with Gasteiger partial charge in [0.15, 0.2) is 0 Å². The summed E-state index contributed by atoms with van der Waals surface area (Å²) < 4.78 is 26.2. The van der Waals surface area contributed by atoms with E-state index in [1.54, 1.807) is 18.2 Å². The number of aromatic hydroxyl groups is 1. The van der Waals surface area contributed by atoms with Crippen LogP contribution >= 0.6 is 0 Å². The summed E-state index contributed by atoms with van der Waals surface area (Å²) >= 11 is 0.